The van der Waals surface area contributed by atoms with Crippen LogP contribution < -0.4 is 16.0 Å². The molecule has 14 heteroatoms. The van der Waals surface area contributed by atoms with E-state index in [0.29, 0.717) is 18.5 Å². The van der Waals surface area contributed by atoms with E-state index in [1.165, 1.54) is 37.0 Å². The number of nitrogens with zero attached hydrogens (tertiary/aromatic N) is 2. The third-order valence-corrected chi connectivity index (χ3v) is 10.3. The van der Waals surface area contributed by atoms with Crippen molar-refractivity contribution < 1.29 is 37.1 Å². The number of rotatable bonds is 8. The summed E-state index contributed by atoms with van der Waals surface area (Å²) in [7, 11) is 0. The second-order valence-corrected chi connectivity index (χ2v) is 14.6. The summed E-state index contributed by atoms with van der Waals surface area (Å²) in [6.07, 6.45) is -4.69. The molecule has 1 saturated carbocycles. The minimum atomic E-state index is -5.20. The molecule has 2 aliphatic heterocycles. The summed E-state index contributed by atoms with van der Waals surface area (Å²) in [4.78, 5) is 71.7. The lowest BCUT2D eigenvalue weighted by Gasteiger charge is -2.38. The maximum atomic E-state index is 14.1. The standard InChI is InChI=1S/C30H36F3N5O5S/c1-28(2,3)22(37-27(43)30(31,32)33)26(42)38-13-15-19(29(15,4)5)20(38)24(41)35-17(12-14-10-11-34-23(14)40)21(39)25-36-16-8-6-7-9-18(16)44-25/h6-9,14-15,17,19-20,22H,10-13H2,1-5H3,(H,34,40)(H,35,41)(H,37,43)/t14-,15-,17-,19-,20-,22+/m0/s1. The Balaban J connectivity index is 1.43. The molecule has 1 aromatic heterocycles. The van der Waals surface area contributed by atoms with Crippen LogP contribution in [0.1, 0.15) is 57.3 Å². The van der Waals surface area contributed by atoms with Crippen molar-refractivity contribution in [1.82, 2.24) is 25.8 Å². The van der Waals surface area contributed by atoms with E-state index in [1.54, 1.807) is 12.1 Å². The first-order valence-electron chi connectivity index (χ1n) is 14.6. The van der Waals surface area contributed by atoms with Crippen LogP contribution in [0.5, 0.6) is 0 Å². The van der Waals surface area contributed by atoms with Crippen LogP contribution in [0.25, 0.3) is 10.2 Å². The molecule has 1 aliphatic carbocycles. The van der Waals surface area contributed by atoms with Crippen LogP contribution in [-0.2, 0) is 19.2 Å². The molecule has 0 bridgehead atoms. The number of benzene rings is 1. The average molecular weight is 636 g/mol. The molecule has 1 aromatic carbocycles. The average Bonchev–Trinajstić information content (AvgIpc) is 3.44. The Bertz CT molecular complexity index is 1480. The Morgan fingerprint density at radius 1 is 1.14 bits per heavy atom. The molecule has 238 valence electrons. The Morgan fingerprint density at radius 2 is 1.82 bits per heavy atom. The number of ketones is 1. The number of amides is 4. The number of thiazole rings is 1. The smallest absolute Gasteiger partial charge is 0.356 e. The summed E-state index contributed by atoms with van der Waals surface area (Å²) in [5.41, 5.74) is -0.820. The van der Waals surface area contributed by atoms with Crippen molar-refractivity contribution in [1.29, 1.82) is 0 Å². The van der Waals surface area contributed by atoms with Gasteiger partial charge in [-0.1, -0.05) is 46.8 Å². The number of carbonyl (C=O) groups excluding carboxylic acids is 5. The molecule has 44 heavy (non-hydrogen) atoms. The van der Waals surface area contributed by atoms with Gasteiger partial charge in [0.25, 0.3) is 0 Å². The van der Waals surface area contributed by atoms with E-state index >= 15 is 0 Å². The molecular weight excluding hydrogens is 599 g/mol. The van der Waals surface area contributed by atoms with Gasteiger partial charge < -0.3 is 20.9 Å². The van der Waals surface area contributed by atoms with Gasteiger partial charge in [0, 0.05) is 19.0 Å². The van der Waals surface area contributed by atoms with Crippen LogP contribution in [0, 0.1) is 28.6 Å². The number of piperidine rings is 1. The molecule has 3 heterocycles. The first-order valence-corrected chi connectivity index (χ1v) is 15.4. The molecule has 3 N–H and O–H groups in total. The number of nitrogens with one attached hydrogen (secondary N) is 3. The van der Waals surface area contributed by atoms with Gasteiger partial charge >= 0.3 is 12.1 Å². The van der Waals surface area contributed by atoms with Crippen LogP contribution in [0.3, 0.4) is 0 Å². The lowest BCUT2D eigenvalue weighted by atomic mass is 9.85. The number of fused-ring (bicyclic) bond motifs is 2. The van der Waals surface area contributed by atoms with Crippen LogP contribution in [0.4, 0.5) is 13.2 Å². The van der Waals surface area contributed by atoms with Crippen LogP contribution in [-0.4, -0.2) is 76.7 Å². The highest BCUT2D eigenvalue weighted by atomic mass is 32.1. The van der Waals surface area contributed by atoms with E-state index in [2.05, 4.69) is 15.6 Å². The van der Waals surface area contributed by atoms with Crippen LogP contribution in [0.2, 0.25) is 0 Å². The predicted octanol–water partition coefficient (Wildman–Crippen LogP) is 3.07. The van der Waals surface area contributed by atoms with E-state index in [-0.39, 0.29) is 41.1 Å². The molecule has 0 unspecified atom stereocenters. The second kappa shape index (κ2) is 11.1. The molecule has 4 amide bonds. The number of aromatic nitrogens is 1. The molecule has 10 nitrogen and oxygen atoms in total. The highest BCUT2D eigenvalue weighted by Crippen LogP contribution is 2.65. The number of halogens is 3. The van der Waals surface area contributed by atoms with Gasteiger partial charge in [-0.3, -0.25) is 24.0 Å². The van der Waals surface area contributed by atoms with Crippen molar-refractivity contribution in [3.8, 4) is 0 Å². The van der Waals surface area contributed by atoms with Crippen molar-refractivity contribution in [3.05, 3.63) is 29.3 Å². The number of hydrogen-bond donors (Lipinski definition) is 3. The first kappa shape index (κ1) is 31.9. The summed E-state index contributed by atoms with van der Waals surface area (Å²) in [5, 5.41) is 7.55. The molecule has 5 rings (SSSR count). The molecule has 6 atom stereocenters. The number of carbonyl (C=O) groups is 5. The summed E-state index contributed by atoms with van der Waals surface area (Å²) in [6, 6.07) is 3.42. The third kappa shape index (κ3) is 5.92. The van der Waals surface area contributed by atoms with Gasteiger partial charge in [0.15, 0.2) is 5.01 Å². The van der Waals surface area contributed by atoms with Crippen molar-refractivity contribution >= 4 is 51.0 Å². The minimum absolute atomic E-state index is 0.0245. The van der Waals surface area contributed by atoms with Crippen molar-refractivity contribution in [3.63, 3.8) is 0 Å². The van der Waals surface area contributed by atoms with E-state index in [1.807, 2.05) is 31.3 Å². The minimum Gasteiger partial charge on any atom is -0.356 e. The van der Waals surface area contributed by atoms with Crippen LogP contribution >= 0.6 is 11.3 Å². The Kier molecular flexibility index (Phi) is 8.05. The lowest BCUT2D eigenvalue weighted by molar-refractivity contribution is -0.176. The highest BCUT2D eigenvalue weighted by molar-refractivity contribution is 7.20. The zero-order chi connectivity index (χ0) is 32.4. The third-order valence-electron chi connectivity index (χ3n) is 9.23. The molecular formula is C30H36F3N5O5S. The molecule has 0 spiro atoms. The van der Waals surface area contributed by atoms with Gasteiger partial charge in [0.2, 0.25) is 23.5 Å². The fourth-order valence-corrected chi connectivity index (χ4v) is 7.57. The van der Waals surface area contributed by atoms with Gasteiger partial charge in [-0.2, -0.15) is 13.2 Å². The second-order valence-electron chi connectivity index (χ2n) is 13.6. The molecule has 3 fully saturated rings. The topological polar surface area (TPSA) is 138 Å². The molecule has 3 aliphatic rings. The SMILES string of the molecule is CC(C)(C)[C@H](NC(=O)C(F)(F)F)C(=O)N1C[C@H]2[C@@H]([C@H]1C(=O)N[C@@H](C[C@@H]1CCNC1=O)C(=O)c1nc3ccccc3s1)C2(C)C. The summed E-state index contributed by atoms with van der Waals surface area (Å²) in [6.45, 7) is 9.04. The van der Waals surface area contributed by atoms with E-state index in [4.69, 9.17) is 0 Å². The van der Waals surface area contributed by atoms with E-state index in [9.17, 15) is 37.1 Å². The van der Waals surface area contributed by atoms with E-state index < -0.39 is 59.1 Å². The summed E-state index contributed by atoms with van der Waals surface area (Å²) < 4.78 is 40.3. The number of alkyl halides is 3. The molecule has 2 saturated heterocycles. The maximum absolute atomic E-state index is 14.1. The Hall–Kier alpha value is -3.55. The van der Waals surface area contributed by atoms with Crippen molar-refractivity contribution in [2.24, 2.45) is 28.6 Å². The number of likely N-dealkylation sites (tertiary alicyclic amines) is 1. The zero-order valence-electron chi connectivity index (χ0n) is 25.1. The predicted molar refractivity (Wildman–Crippen MR) is 155 cm³/mol. The van der Waals surface area contributed by atoms with Crippen molar-refractivity contribution in [2.45, 2.75) is 71.8 Å². The zero-order valence-corrected chi connectivity index (χ0v) is 25.9. The summed E-state index contributed by atoms with van der Waals surface area (Å²) in [5.74, 6) is -5.30. The maximum Gasteiger partial charge on any atom is 0.471 e. The first-order chi connectivity index (χ1) is 20.4. The largest absolute Gasteiger partial charge is 0.471 e. The highest BCUT2D eigenvalue weighted by Gasteiger charge is 2.70. The molecule has 0 radical (unpaired) electrons. The molecule has 2 aromatic rings. The van der Waals surface area contributed by atoms with Gasteiger partial charge in [0.1, 0.15) is 12.1 Å². The van der Waals surface area contributed by atoms with Crippen molar-refractivity contribution in [2.75, 3.05) is 13.1 Å². The monoisotopic (exact) mass is 635 g/mol. The Morgan fingerprint density at radius 3 is 2.41 bits per heavy atom. The number of Topliss-reactive ketones (excluding diaryl/α,β-unsaturated/α-hetero) is 1. The van der Waals surface area contributed by atoms with Gasteiger partial charge in [-0.05, 0) is 47.6 Å². The quantitative estimate of drug-likeness (QED) is 0.382. The van der Waals surface area contributed by atoms with Crippen LogP contribution in [0.15, 0.2) is 24.3 Å². The van der Waals surface area contributed by atoms with E-state index in [0.717, 1.165) is 4.70 Å². The Labute approximate surface area is 256 Å². The fraction of sp³-hybridized carbons (Fsp3) is 0.600. The van der Waals surface area contributed by atoms with Gasteiger partial charge in [-0.25, -0.2) is 4.98 Å². The fourth-order valence-electron chi connectivity index (χ4n) is 6.61. The number of para-hydroxylation sites is 1. The van der Waals surface area contributed by atoms with Gasteiger partial charge in [0.05, 0.1) is 16.3 Å². The summed E-state index contributed by atoms with van der Waals surface area (Å²) >= 11 is 1.17. The number of hydrogen-bond acceptors (Lipinski definition) is 7. The normalized spacial score (nSPS) is 25.6. The lowest BCUT2D eigenvalue weighted by Crippen LogP contribution is -2.61. The van der Waals surface area contributed by atoms with Gasteiger partial charge in [-0.15, -0.1) is 11.3 Å².